The van der Waals surface area contributed by atoms with Gasteiger partial charge in [-0.1, -0.05) is 6.07 Å². The molecule has 1 aromatic carbocycles. The summed E-state index contributed by atoms with van der Waals surface area (Å²) < 4.78 is 7.70. The maximum atomic E-state index is 11.5. The van der Waals surface area contributed by atoms with Gasteiger partial charge in [-0.2, -0.15) is 0 Å². The minimum absolute atomic E-state index is 0.0204. The molecule has 0 atom stereocenters. The molecule has 2 aromatic rings. The fourth-order valence-electron chi connectivity index (χ4n) is 1.93. The van der Waals surface area contributed by atoms with E-state index in [0.717, 1.165) is 17.8 Å². The van der Waals surface area contributed by atoms with Crippen LogP contribution >= 0.6 is 0 Å². The lowest BCUT2D eigenvalue weighted by molar-refractivity contribution is 0.101. The Morgan fingerprint density at radius 2 is 2.21 bits per heavy atom. The van der Waals surface area contributed by atoms with Crippen molar-refractivity contribution in [3.63, 3.8) is 0 Å². The van der Waals surface area contributed by atoms with Crippen LogP contribution in [0.2, 0.25) is 0 Å². The van der Waals surface area contributed by atoms with E-state index in [9.17, 15) is 4.79 Å². The summed E-state index contributed by atoms with van der Waals surface area (Å²) in [6, 6.07) is 5.63. The molecule has 0 radical (unpaired) electrons. The number of ether oxygens (including phenoxy) is 1. The molecule has 100 valence electrons. The molecule has 1 heterocycles. The zero-order chi connectivity index (χ0) is 13.8. The number of carbonyl (C=O) groups is 1. The summed E-state index contributed by atoms with van der Waals surface area (Å²) in [4.78, 5) is 15.8. The number of benzene rings is 1. The number of imidazole rings is 1. The van der Waals surface area contributed by atoms with Gasteiger partial charge in [0.05, 0.1) is 12.2 Å². The molecule has 0 amide bonds. The predicted octanol–water partition coefficient (Wildman–Crippen LogP) is 2.55. The van der Waals surface area contributed by atoms with Crippen molar-refractivity contribution in [2.24, 2.45) is 7.05 Å². The smallest absolute Gasteiger partial charge is 0.163 e. The van der Waals surface area contributed by atoms with Crippen molar-refractivity contribution in [1.29, 1.82) is 0 Å². The van der Waals surface area contributed by atoms with Crippen LogP contribution in [0, 0.1) is 6.92 Å². The maximum Gasteiger partial charge on any atom is 0.163 e. The minimum Gasteiger partial charge on any atom is -0.492 e. The average Bonchev–Trinajstić information content (AvgIpc) is 2.75. The Balaban J connectivity index is 2.05. The second-order valence-electron chi connectivity index (χ2n) is 4.61. The van der Waals surface area contributed by atoms with Crippen molar-refractivity contribution in [2.45, 2.75) is 20.3 Å². The van der Waals surface area contributed by atoms with E-state index in [1.807, 2.05) is 42.9 Å². The van der Waals surface area contributed by atoms with Gasteiger partial charge in [0.2, 0.25) is 0 Å². The molecular formula is C15H18N2O2. The number of hydrogen-bond acceptors (Lipinski definition) is 3. The summed E-state index contributed by atoms with van der Waals surface area (Å²) in [6.45, 7) is 4.04. The predicted molar refractivity (Wildman–Crippen MR) is 73.6 cm³/mol. The van der Waals surface area contributed by atoms with E-state index in [4.69, 9.17) is 4.74 Å². The summed E-state index contributed by atoms with van der Waals surface area (Å²) in [5.41, 5.74) is 1.71. The van der Waals surface area contributed by atoms with Crippen molar-refractivity contribution in [3.8, 4) is 5.75 Å². The Hall–Kier alpha value is -2.10. The molecule has 2 rings (SSSR count). The third-order valence-corrected chi connectivity index (χ3v) is 3.02. The van der Waals surface area contributed by atoms with Crippen molar-refractivity contribution in [1.82, 2.24) is 9.55 Å². The number of nitrogens with zero attached hydrogens (tertiary/aromatic N) is 2. The van der Waals surface area contributed by atoms with Gasteiger partial charge in [0, 0.05) is 25.9 Å². The van der Waals surface area contributed by atoms with Crippen LogP contribution in [0.15, 0.2) is 30.6 Å². The van der Waals surface area contributed by atoms with Crippen LogP contribution in [0.1, 0.15) is 28.7 Å². The first-order chi connectivity index (χ1) is 9.08. The Morgan fingerprint density at radius 3 is 2.84 bits per heavy atom. The number of rotatable bonds is 5. The summed E-state index contributed by atoms with van der Waals surface area (Å²) in [5, 5.41) is 0. The van der Waals surface area contributed by atoms with Gasteiger partial charge < -0.3 is 9.30 Å². The van der Waals surface area contributed by atoms with Crippen molar-refractivity contribution < 1.29 is 9.53 Å². The van der Waals surface area contributed by atoms with Gasteiger partial charge >= 0.3 is 0 Å². The summed E-state index contributed by atoms with van der Waals surface area (Å²) >= 11 is 0. The maximum absolute atomic E-state index is 11.5. The van der Waals surface area contributed by atoms with Crippen LogP contribution in [0.5, 0.6) is 5.75 Å². The van der Waals surface area contributed by atoms with Crippen molar-refractivity contribution in [2.75, 3.05) is 6.61 Å². The molecule has 0 aliphatic heterocycles. The number of Topliss-reactive ketones (excluding diaryl/α,β-unsaturated/α-hetero) is 1. The Labute approximate surface area is 113 Å². The molecular weight excluding hydrogens is 240 g/mol. The molecule has 0 spiro atoms. The largest absolute Gasteiger partial charge is 0.492 e. The second-order valence-corrected chi connectivity index (χ2v) is 4.61. The molecule has 0 fully saturated rings. The number of ketones is 1. The van der Waals surface area contributed by atoms with Crippen LogP contribution in [-0.2, 0) is 13.5 Å². The van der Waals surface area contributed by atoms with E-state index in [2.05, 4.69) is 4.98 Å². The lowest BCUT2D eigenvalue weighted by Gasteiger charge is -2.10. The standard InChI is InChI=1S/C15H18N2O2/c1-11-4-5-13(12(2)18)14(10-11)19-9-6-15-16-7-8-17(15)3/h4-5,7-8,10H,6,9H2,1-3H3. The first-order valence-corrected chi connectivity index (χ1v) is 6.28. The molecule has 0 aliphatic carbocycles. The van der Waals surface area contributed by atoms with Crippen molar-refractivity contribution in [3.05, 3.63) is 47.5 Å². The fourth-order valence-corrected chi connectivity index (χ4v) is 1.93. The number of carbonyl (C=O) groups excluding carboxylic acids is 1. The highest BCUT2D eigenvalue weighted by atomic mass is 16.5. The minimum atomic E-state index is 0.0204. The molecule has 4 nitrogen and oxygen atoms in total. The topological polar surface area (TPSA) is 44.1 Å². The first kappa shape index (κ1) is 13.3. The number of aryl methyl sites for hydroxylation is 2. The Kier molecular flexibility index (Phi) is 4.00. The van der Waals surface area contributed by atoms with E-state index >= 15 is 0 Å². The molecule has 1 aromatic heterocycles. The lowest BCUT2D eigenvalue weighted by Crippen LogP contribution is -2.08. The SMILES string of the molecule is CC(=O)c1ccc(C)cc1OCCc1nccn1C. The summed E-state index contributed by atoms with van der Waals surface area (Å²) in [5.74, 6) is 1.64. The monoisotopic (exact) mass is 258 g/mol. The third-order valence-electron chi connectivity index (χ3n) is 3.02. The molecule has 0 bridgehead atoms. The molecule has 0 N–H and O–H groups in total. The summed E-state index contributed by atoms with van der Waals surface area (Å²) in [7, 11) is 1.95. The number of aromatic nitrogens is 2. The van der Waals surface area contributed by atoms with Gasteiger partial charge in [0.1, 0.15) is 11.6 Å². The van der Waals surface area contributed by atoms with Crippen molar-refractivity contribution >= 4 is 5.78 Å². The number of hydrogen-bond donors (Lipinski definition) is 0. The summed E-state index contributed by atoms with van der Waals surface area (Å²) in [6.07, 6.45) is 4.39. The lowest BCUT2D eigenvalue weighted by atomic mass is 10.1. The highest BCUT2D eigenvalue weighted by Gasteiger charge is 2.09. The highest BCUT2D eigenvalue weighted by molar-refractivity contribution is 5.96. The molecule has 0 saturated heterocycles. The zero-order valence-corrected chi connectivity index (χ0v) is 11.5. The molecule has 19 heavy (non-hydrogen) atoms. The van der Waals surface area contributed by atoms with E-state index in [1.54, 1.807) is 13.1 Å². The third kappa shape index (κ3) is 3.22. The van der Waals surface area contributed by atoms with Gasteiger partial charge in [-0.25, -0.2) is 4.98 Å². The van der Waals surface area contributed by atoms with Gasteiger partial charge in [-0.3, -0.25) is 4.79 Å². The van der Waals surface area contributed by atoms with Crippen LogP contribution in [0.3, 0.4) is 0 Å². The van der Waals surface area contributed by atoms with E-state index < -0.39 is 0 Å². The van der Waals surface area contributed by atoms with Crippen LogP contribution < -0.4 is 4.74 Å². The van der Waals surface area contributed by atoms with E-state index in [0.29, 0.717) is 17.9 Å². The fraction of sp³-hybridized carbons (Fsp3) is 0.333. The normalized spacial score (nSPS) is 10.5. The highest BCUT2D eigenvalue weighted by Crippen LogP contribution is 2.21. The molecule has 0 aliphatic rings. The quantitative estimate of drug-likeness (QED) is 0.774. The Bertz CT molecular complexity index is 588. The zero-order valence-electron chi connectivity index (χ0n) is 11.5. The first-order valence-electron chi connectivity index (χ1n) is 6.28. The Morgan fingerprint density at radius 1 is 1.42 bits per heavy atom. The van der Waals surface area contributed by atoms with Gasteiger partial charge in [0.25, 0.3) is 0 Å². The van der Waals surface area contributed by atoms with Gasteiger partial charge in [-0.15, -0.1) is 0 Å². The van der Waals surface area contributed by atoms with Gasteiger partial charge in [-0.05, 0) is 31.5 Å². The van der Waals surface area contributed by atoms with Crippen LogP contribution in [-0.4, -0.2) is 21.9 Å². The van der Waals surface area contributed by atoms with Gasteiger partial charge in [0.15, 0.2) is 5.78 Å². The molecule has 4 heteroatoms. The average molecular weight is 258 g/mol. The second kappa shape index (κ2) is 5.69. The van der Waals surface area contributed by atoms with Crippen LogP contribution in [0.4, 0.5) is 0 Å². The molecule has 0 saturated carbocycles. The molecule has 0 unspecified atom stereocenters. The van der Waals surface area contributed by atoms with E-state index in [1.165, 1.54) is 0 Å². The van der Waals surface area contributed by atoms with E-state index in [-0.39, 0.29) is 5.78 Å². The van der Waals surface area contributed by atoms with Crippen LogP contribution in [0.25, 0.3) is 0 Å².